The molecule has 2 aromatic rings. The largest absolute Gasteiger partial charge is 0.340 e. The molecule has 0 aliphatic carbocycles. The van der Waals surface area contributed by atoms with Gasteiger partial charge in [0.1, 0.15) is 5.82 Å². The minimum absolute atomic E-state index is 0.551. The lowest BCUT2D eigenvalue weighted by Gasteiger charge is -2.08. The Morgan fingerprint density at radius 2 is 2.00 bits per heavy atom. The van der Waals surface area contributed by atoms with Gasteiger partial charge in [0.15, 0.2) is 0 Å². The summed E-state index contributed by atoms with van der Waals surface area (Å²) in [5, 5.41) is 3.29. The maximum atomic E-state index is 5.62. The van der Waals surface area contributed by atoms with E-state index in [4.69, 9.17) is 5.73 Å². The third-order valence-electron chi connectivity index (χ3n) is 2.53. The molecule has 0 fully saturated rings. The molecule has 0 bridgehead atoms. The first-order valence-corrected chi connectivity index (χ1v) is 5.69. The Labute approximate surface area is 102 Å². The van der Waals surface area contributed by atoms with Gasteiger partial charge in [-0.05, 0) is 49.2 Å². The van der Waals surface area contributed by atoms with Gasteiger partial charge < -0.3 is 11.1 Å². The van der Waals surface area contributed by atoms with E-state index in [2.05, 4.69) is 23.3 Å². The van der Waals surface area contributed by atoms with Crippen molar-refractivity contribution in [3.8, 4) is 0 Å². The van der Waals surface area contributed by atoms with Crippen molar-refractivity contribution in [3.05, 3.63) is 53.2 Å². The number of rotatable bonds is 3. The highest BCUT2D eigenvalue weighted by Gasteiger charge is 1.99. The summed E-state index contributed by atoms with van der Waals surface area (Å²) in [5.74, 6) is 0.872. The molecule has 0 radical (unpaired) electrons. The first kappa shape index (κ1) is 11.6. The summed E-state index contributed by atoms with van der Waals surface area (Å²) < 4.78 is 0. The fourth-order valence-electron chi connectivity index (χ4n) is 1.83. The van der Waals surface area contributed by atoms with Crippen LogP contribution < -0.4 is 11.1 Å². The molecule has 0 aliphatic heterocycles. The second-order valence-corrected chi connectivity index (χ2v) is 4.20. The lowest BCUT2D eigenvalue weighted by molar-refractivity contribution is 1.07. The van der Waals surface area contributed by atoms with Crippen molar-refractivity contribution in [2.45, 2.75) is 20.4 Å². The van der Waals surface area contributed by atoms with Crippen LogP contribution in [0.4, 0.5) is 11.5 Å². The van der Waals surface area contributed by atoms with Gasteiger partial charge in [-0.15, -0.1) is 0 Å². The summed E-state index contributed by atoms with van der Waals surface area (Å²) in [6, 6.07) is 12.1. The van der Waals surface area contributed by atoms with Crippen LogP contribution in [0.3, 0.4) is 0 Å². The van der Waals surface area contributed by atoms with Crippen LogP contribution in [0.25, 0.3) is 0 Å². The fourth-order valence-corrected chi connectivity index (χ4v) is 1.83. The molecule has 0 amide bonds. The maximum absolute atomic E-state index is 5.62. The molecule has 0 saturated heterocycles. The molecule has 3 nitrogen and oxygen atoms in total. The van der Waals surface area contributed by atoms with Crippen LogP contribution in [0, 0.1) is 13.8 Å². The molecule has 1 aromatic carbocycles. The minimum Gasteiger partial charge on any atom is -0.340 e. The second-order valence-electron chi connectivity index (χ2n) is 4.20. The Morgan fingerprint density at radius 3 is 2.71 bits per heavy atom. The molecule has 0 atom stereocenters. The Kier molecular flexibility index (Phi) is 3.40. The summed E-state index contributed by atoms with van der Waals surface area (Å²) >= 11 is 0. The zero-order chi connectivity index (χ0) is 12.3. The van der Waals surface area contributed by atoms with E-state index < -0.39 is 0 Å². The number of nitrogens with two attached hydrogens (primary N) is 1. The van der Waals surface area contributed by atoms with Crippen LogP contribution in [-0.4, -0.2) is 4.98 Å². The summed E-state index contributed by atoms with van der Waals surface area (Å²) in [6.45, 7) is 4.61. The molecule has 1 aromatic heterocycles. The monoisotopic (exact) mass is 227 g/mol. The van der Waals surface area contributed by atoms with Gasteiger partial charge in [0.2, 0.25) is 0 Å². The van der Waals surface area contributed by atoms with E-state index in [9.17, 15) is 0 Å². The minimum atomic E-state index is 0.551. The van der Waals surface area contributed by atoms with Crippen LogP contribution in [0.1, 0.15) is 16.8 Å². The van der Waals surface area contributed by atoms with Gasteiger partial charge in [-0.1, -0.05) is 12.1 Å². The number of hydrogen-bond acceptors (Lipinski definition) is 3. The number of anilines is 2. The van der Waals surface area contributed by atoms with Crippen molar-refractivity contribution in [2.75, 3.05) is 5.32 Å². The van der Waals surface area contributed by atoms with Crippen LogP contribution in [-0.2, 0) is 6.54 Å². The molecule has 0 aliphatic rings. The highest BCUT2D eigenvalue weighted by Crippen LogP contribution is 2.17. The smallest absolute Gasteiger partial charge is 0.130 e. The number of hydrogen-bond donors (Lipinski definition) is 2. The number of pyridine rings is 1. The van der Waals surface area contributed by atoms with Gasteiger partial charge in [0, 0.05) is 17.9 Å². The van der Waals surface area contributed by atoms with Crippen molar-refractivity contribution < 1.29 is 0 Å². The fraction of sp³-hybridized carbons (Fsp3) is 0.214. The van der Waals surface area contributed by atoms with E-state index >= 15 is 0 Å². The van der Waals surface area contributed by atoms with E-state index in [1.165, 1.54) is 5.56 Å². The predicted molar refractivity (Wildman–Crippen MR) is 71.3 cm³/mol. The number of nitrogens with zero attached hydrogens (tertiary/aromatic N) is 1. The van der Waals surface area contributed by atoms with E-state index in [1.54, 1.807) is 0 Å². The quantitative estimate of drug-likeness (QED) is 0.847. The molecular weight excluding hydrogens is 210 g/mol. The third kappa shape index (κ3) is 3.04. The standard InChI is InChI=1S/C14H17N3/c1-10-6-11(2)16-14(7-10)17-13-5-3-4-12(8-13)9-15/h3-8H,9,15H2,1-2H3,(H,16,17). The lowest BCUT2D eigenvalue weighted by atomic mass is 10.2. The zero-order valence-corrected chi connectivity index (χ0v) is 10.2. The van der Waals surface area contributed by atoms with Crippen molar-refractivity contribution >= 4 is 11.5 Å². The van der Waals surface area contributed by atoms with Crippen molar-refractivity contribution in [1.82, 2.24) is 4.98 Å². The predicted octanol–water partition coefficient (Wildman–Crippen LogP) is 2.90. The average Bonchev–Trinajstić information content (AvgIpc) is 2.28. The van der Waals surface area contributed by atoms with Crippen LogP contribution in [0.2, 0.25) is 0 Å². The van der Waals surface area contributed by atoms with Gasteiger partial charge >= 0.3 is 0 Å². The highest BCUT2D eigenvalue weighted by molar-refractivity contribution is 5.57. The van der Waals surface area contributed by atoms with E-state index in [0.717, 1.165) is 22.8 Å². The second kappa shape index (κ2) is 4.97. The SMILES string of the molecule is Cc1cc(C)nc(Nc2cccc(CN)c2)c1. The first-order valence-electron chi connectivity index (χ1n) is 5.69. The summed E-state index contributed by atoms with van der Waals surface area (Å²) in [4.78, 5) is 4.44. The van der Waals surface area contributed by atoms with Gasteiger partial charge in [-0.3, -0.25) is 0 Å². The van der Waals surface area contributed by atoms with Gasteiger partial charge in [-0.25, -0.2) is 4.98 Å². The lowest BCUT2D eigenvalue weighted by Crippen LogP contribution is -1.99. The van der Waals surface area contributed by atoms with Gasteiger partial charge in [0.05, 0.1) is 0 Å². The van der Waals surface area contributed by atoms with E-state index in [1.807, 2.05) is 37.3 Å². The molecule has 88 valence electrons. The average molecular weight is 227 g/mol. The van der Waals surface area contributed by atoms with E-state index in [-0.39, 0.29) is 0 Å². The van der Waals surface area contributed by atoms with Gasteiger partial charge in [0.25, 0.3) is 0 Å². The molecular formula is C14H17N3. The summed E-state index contributed by atoms with van der Waals surface area (Å²) in [7, 11) is 0. The highest BCUT2D eigenvalue weighted by atomic mass is 15.0. The summed E-state index contributed by atoms with van der Waals surface area (Å²) in [5.41, 5.74) is 9.97. The normalized spacial score (nSPS) is 10.3. The van der Waals surface area contributed by atoms with Crippen molar-refractivity contribution in [1.29, 1.82) is 0 Å². The number of aryl methyl sites for hydroxylation is 2. The molecule has 17 heavy (non-hydrogen) atoms. The van der Waals surface area contributed by atoms with Crippen molar-refractivity contribution in [2.24, 2.45) is 5.73 Å². The van der Waals surface area contributed by atoms with Crippen molar-refractivity contribution in [3.63, 3.8) is 0 Å². The topological polar surface area (TPSA) is 50.9 Å². The molecule has 3 N–H and O–H groups in total. The maximum Gasteiger partial charge on any atom is 0.130 e. The first-order chi connectivity index (χ1) is 8.17. The molecule has 2 rings (SSSR count). The molecule has 0 spiro atoms. The zero-order valence-electron chi connectivity index (χ0n) is 10.2. The summed E-state index contributed by atoms with van der Waals surface area (Å²) in [6.07, 6.45) is 0. The third-order valence-corrected chi connectivity index (χ3v) is 2.53. The Morgan fingerprint density at radius 1 is 1.18 bits per heavy atom. The number of benzene rings is 1. The van der Waals surface area contributed by atoms with Crippen LogP contribution in [0.5, 0.6) is 0 Å². The number of aromatic nitrogens is 1. The van der Waals surface area contributed by atoms with Gasteiger partial charge in [-0.2, -0.15) is 0 Å². The Balaban J connectivity index is 2.24. The Bertz CT molecular complexity index is 500. The molecule has 0 unspecified atom stereocenters. The Hall–Kier alpha value is -1.87. The van der Waals surface area contributed by atoms with Crippen LogP contribution in [0.15, 0.2) is 36.4 Å². The molecule has 0 saturated carbocycles. The molecule has 3 heteroatoms. The van der Waals surface area contributed by atoms with E-state index in [0.29, 0.717) is 6.54 Å². The number of nitrogens with one attached hydrogen (secondary N) is 1. The molecule has 1 heterocycles. The van der Waals surface area contributed by atoms with Crippen LogP contribution >= 0.6 is 0 Å².